The Morgan fingerprint density at radius 2 is 1.51 bits per heavy atom. The standard InChI is InChI=1S/C34H28Cl2F3N3O4S/c1-33(2,3)23-10-8-22(9-11-23)21-6-4-20(5-7-21)16-31-40-30(26-14-12-24(35)17-28(26)36)19-42(31)25-13-15-27(32(43)44)29(18-25)41-47(45,46)34(37,38)39/h4-15,17-19,41H,16H2,1-3H3,(H,43,44). The van der Waals surface area contributed by atoms with Gasteiger partial charge in [-0.1, -0.05) is 92.5 Å². The van der Waals surface area contributed by atoms with Crippen LogP contribution in [0.4, 0.5) is 18.9 Å². The molecule has 4 aromatic carbocycles. The van der Waals surface area contributed by atoms with E-state index in [1.807, 2.05) is 24.3 Å². The zero-order valence-electron chi connectivity index (χ0n) is 25.2. The van der Waals surface area contributed by atoms with Gasteiger partial charge in [-0.25, -0.2) is 9.78 Å². The summed E-state index contributed by atoms with van der Waals surface area (Å²) in [7, 11) is -5.92. The lowest BCUT2D eigenvalue weighted by atomic mass is 9.86. The molecule has 0 amide bonds. The topological polar surface area (TPSA) is 101 Å². The molecular formula is C34H28Cl2F3N3O4S. The maximum Gasteiger partial charge on any atom is 0.516 e. The van der Waals surface area contributed by atoms with Crippen molar-refractivity contribution in [2.45, 2.75) is 38.1 Å². The third-order valence-corrected chi connectivity index (χ3v) is 9.09. The van der Waals surface area contributed by atoms with Crippen molar-refractivity contribution in [2.75, 3.05) is 4.72 Å². The molecule has 1 aromatic heterocycles. The van der Waals surface area contributed by atoms with Gasteiger partial charge in [0.05, 0.1) is 22.0 Å². The SMILES string of the molecule is CC(C)(C)c1ccc(-c2ccc(Cc3nc(-c4ccc(Cl)cc4Cl)cn3-c3ccc(C(=O)O)c(NS(=O)(=O)C(F)(F)F)c3)cc2)cc1. The van der Waals surface area contributed by atoms with Crippen LogP contribution in [0.25, 0.3) is 28.1 Å². The monoisotopic (exact) mass is 701 g/mol. The molecule has 0 spiro atoms. The molecule has 13 heteroatoms. The summed E-state index contributed by atoms with van der Waals surface area (Å²) in [5.74, 6) is -1.20. The first-order chi connectivity index (χ1) is 21.9. The summed E-state index contributed by atoms with van der Waals surface area (Å²) in [6.45, 7) is 6.44. The Morgan fingerprint density at radius 3 is 2.06 bits per heavy atom. The fourth-order valence-electron chi connectivity index (χ4n) is 4.91. The number of rotatable bonds is 8. The second-order valence-corrected chi connectivity index (χ2v) is 14.3. The van der Waals surface area contributed by atoms with Gasteiger partial charge in [-0.2, -0.15) is 21.6 Å². The van der Waals surface area contributed by atoms with E-state index in [0.29, 0.717) is 27.1 Å². The van der Waals surface area contributed by atoms with Crippen molar-refractivity contribution in [1.29, 1.82) is 0 Å². The molecule has 0 aliphatic rings. The highest BCUT2D eigenvalue weighted by Gasteiger charge is 2.46. The van der Waals surface area contributed by atoms with E-state index in [1.165, 1.54) is 27.0 Å². The van der Waals surface area contributed by atoms with Crippen LogP contribution in [-0.4, -0.2) is 34.6 Å². The minimum Gasteiger partial charge on any atom is -0.478 e. The number of halogens is 5. The Kier molecular flexibility index (Phi) is 9.20. The van der Waals surface area contributed by atoms with Gasteiger partial charge in [0.2, 0.25) is 0 Å². The van der Waals surface area contributed by atoms with E-state index in [2.05, 4.69) is 45.0 Å². The maximum atomic E-state index is 13.2. The zero-order chi connectivity index (χ0) is 34.3. The predicted octanol–water partition coefficient (Wildman–Crippen LogP) is 9.36. The molecule has 5 rings (SSSR count). The predicted molar refractivity (Wildman–Crippen MR) is 178 cm³/mol. The lowest BCUT2D eigenvalue weighted by Crippen LogP contribution is -2.30. The van der Waals surface area contributed by atoms with Gasteiger partial charge in [-0.05, 0) is 64.1 Å². The fraction of sp³-hybridized carbons (Fsp3) is 0.176. The van der Waals surface area contributed by atoms with Crippen LogP contribution in [0.1, 0.15) is 48.1 Å². The molecule has 0 aliphatic heterocycles. The van der Waals surface area contributed by atoms with Crippen molar-refractivity contribution >= 4 is 44.9 Å². The molecule has 0 bridgehead atoms. The Bertz CT molecular complexity index is 2070. The van der Waals surface area contributed by atoms with Gasteiger partial charge in [-0.15, -0.1) is 0 Å². The molecule has 2 N–H and O–H groups in total. The van der Waals surface area contributed by atoms with E-state index in [0.717, 1.165) is 28.8 Å². The lowest BCUT2D eigenvalue weighted by molar-refractivity contribution is -0.0429. The second-order valence-electron chi connectivity index (χ2n) is 11.8. The van der Waals surface area contributed by atoms with Gasteiger partial charge in [-0.3, -0.25) is 4.72 Å². The first-order valence-electron chi connectivity index (χ1n) is 14.1. The number of nitrogens with one attached hydrogen (secondary N) is 1. The van der Waals surface area contributed by atoms with Crippen LogP contribution in [0, 0.1) is 0 Å². The van der Waals surface area contributed by atoms with E-state index >= 15 is 0 Å². The van der Waals surface area contributed by atoms with Crippen molar-refractivity contribution in [2.24, 2.45) is 0 Å². The fourth-order valence-corrected chi connectivity index (χ4v) is 5.99. The molecule has 0 atom stereocenters. The summed E-state index contributed by atoms with van der Waals surface area (Å²) >= 11 is 12.5. The van der Waals surface area contributed by atoms with E-state index in [4.69, 9.17) is 28.2 Å². The molecule has 47 heavy (non-hydrogen) atoms. The molecule has 7 nitrogen and oxygen atoms in total. The minimum atomic E-state index is -5.92. The number of hydrogen-bond acceptors (Lipinski definition) is 4. The van der Waals surface area contributed by atoms with E-state index in [1.54, 1.807) is 18.3 Å². The van der Waals surface area contributed by atoms with Gasteiger partial charge >= 0.3 is 21.5 Å². The first-order valence-corrected chi connectivity index (χ1v) is 16.4. The van der Waals surface area contributed by atoms with E-state index in [-0.39, 0.29) is 17.5 Å². The van der Waals surface area contributed by atoms with Gasteiger partial charge in [0.1, 0.15) is 5.82 Å². The van der Waals surface area contributed by atoms with E-state index < -0.39 is 32.8 Å². The largest absolute Gasteiger partial charge is 0.516 e. The molecule has 0 aliphatic carbocycles. The van der Waals surface area contributed by atoms with Crippen molar-refractivity contribution in [3.63, 3.8) is 0 Å². The summed E-state index contributed by atoms with van der Waals surface area (Å²) in [6.07, 6.45) is 1.83. The van der Waals surface area contributed by atoms with Crippen molar-refractivity contribution < 1.29 is 31.5 Å². The van der Waals surface area contributed by atoms with Gasteiger partial charge in [0.15, 0.2) is 0 Å². The first kappa shape index (κ1) is 34.0. The maximum absolute atomic E-state index is 13.2. The Hall–Kier alpha value is -4.32. The Balaban J connectivity index is 1.56. The number of carbonyl (C=O) groups is 1. The van der Waals surface area contributed by atoms with Gasteiger partial charge in [0, 0.05) is 28.9 Å². The highest BCUT2D eigenvalue weighted by molar-refractivity contribution is 7.93. The van der Waals surface area contributed by atoms with Crippen LogP contribution < -0.4 is 4.72 Å². The highest BCUT2D eigenvalue weighted by Crippen LogP contribution is 2.34. The summed E-state index contributed by atoms with van der Waals surface area (Å²) in [6, 6.07) is 24.3. The van der Waals surface area contributed by atoms with Gasteiger partial charge < -0.3 is 9.67 Å². The number of benzene rings is 4. The third kappa shape index (κ3) is 7.48. The van der Waals surface area contributed by atoms with Crippen LogP contribution in [0.2, 0.25) is 10.0 Å². The smallest absolute Gasteiger partial charge is 0.478 e. The zero-order valence-corrected chi connectivity index (χ0v) is 27.6. The van der Waals surface area contributed by atoms with Crippen LogP contribution in [0.15, 0.2) is 91.1 Å². The average Bonchev–Trinajstić information content (AvgIpc) is 3.39. The molecule has 5 aromatic rings. The third-order valence-electron chi connectivity index (χ3n) is 7.45. The van der Waals surface area contributed by atoms with E-state index in [9.17, 15) is 31.5 Å². The van der Waals surface area contributed by atoms with Crippen molar-refractivity contribution in [3.8, 4) is 28.1 Å². The Morgan fingerprint density at radius 1 is 0.894 bits per heavy atom. The molecule has 0 unspecified atom stereocenters. The quantitative estimate of drug-likeness (QED) is 0.168. The van der Waals surface area contributed by atoms with Crippen molar-refractivity contribution in [1.82, 2.24) is 9.55 Å². The molecule has 0 radical (unpaired) electrons. The molecule has 0 saturated carbocycles. The molecule has 0 fully saturated rings. The number of carboxylic acid groups (broad SMARTS) is 1. The number of anilines is 1. The number of carboxylic acids is 1. The highest BCUT2D eigenvalue weighted by atomic mass is 35.5. The molecule has 0 saturated heterocycles. The molecule has 244 valence electrons. The Labute approximate surface area is 279 Å². The number of aromatic nitrogens is 2. The summed E-state index contributed by atoms with van der Waals surface area (Å²) in [4.78, 5) is 16.6. The average molecular weight is 703 g/mol. The minimum absolute atomic E-state index is 0.0246. The number of sulfonamides is 1. The number of aromatic carboxylic acids is 1. The van der Waals surface area contributed by atoms with Crippen molar-refractivity contribution in [3.05, 3.63) is 124 Å². The number of hydrogen-bond donors (Lipinski definition) is 2. The summed E-state index contributed by atoms with van der Waals surface area (Å²) < 4.78 is 66.4. The van der Waals surface area contributed by atoms with Crippen LogP contribution in [0.5, 0.6) is 0 Å². The molecular weight excluding hydrogens is 674 g/mol. The normalized spacial score (nSPS) is 12.3. The van der Waals surface area contributed by atoms with Crippen LogP contribution in [0.3, 0.4) is 0 Å². The van der Waals surface area contributed by atoms with Crippen LogP contribution >= 0.6 is 23.2 Å². The number of nitrogens with zero attached hydrogens (tertiary/aromatic N) is 2. The summed E-state index contributed by atoms with van der Waals surface area (Å²) in [5, 5.41) is 10.3. The molecule has 1 heterocycles. The van der Waals surface area contributed by atoms with Gasteiger partial charge in [0.25, 0.3) is 0 Å². The summed E-state index contributed by atoms with van der Waals surface area (Å²) in [5.41, 5.74) is -1.90. The van der Waals surface area contributed by atoms with Crippen LogP contribution in [-0.2, 0) is 21.9 Å². The number of alkyl halides is 3. The second kappa shape index (κ2) is 12.7. The number of imidazole rings is 1. The lowest BCUT2D eigenvalue weighted by Gasteiger charge is -2.19.